The molecule has 12 heteroatoms. The summed E-state index contributed by atoms with van der Waals surface area (Å²) in [7, 11) is -4.38. The summed E-state index contributed by atoms with van der Waals surface area (Å²) in [6.07, 6.45) is -4.96. The summed E-state index contributed by atoms with van der Waals surface area (Å²) in [4.78, 5) is 10.9. The number of alkyl halides is 3. The topological polar surface area (TPSA) is 74.7 Å². The number of fused-ring (bicyclic) bond motifs is 1. The van der Waals surface area contributed by atoms with Crippen LogP contribution in [0.2, 0.25) is 0 Å². The number of halogens is 5. The number of benzene rings is 3. The maximum absolute atomic E-state index is 13.8. The standard InChI is InChI=1S/C23H14BrF4NO4S2/c24-20-16-3-1-2-4-19(16)34-21(20)29(12-13-5-10-18(25)17(11-13)23(26,27)28)35(32,33)15-8-6-14(7-9-15)22(30)31/h1-11H,12H2,(H,30,31). The van der Waals surface area contributed by atoms with Crippen molar-refractivity contribution < 1.29 is 35.9 Å². The predicted molar refractivity (Wildman–Crippen MR) is 128 cm³/mol. The van der Waals surface area contributed by atoms with E-state index in [9.17, 15) is 30.8 Å². The van der Waals surface area contributed by atoms with E-state index >= 15 is 0 Å². The second-order valence-electron chi connectivity index (χ2n) is 7.37. The van der Waals surface area contributed by atoms with Gasteiger partial charge in [-0.25, -0.2) is 17.6 Å². The maximum Gasteiger partial charge on any atom is 0.419 e. The van der Waals surface area contributed by atoms with Crippen LogP contribution >= 0.6 is 27.3 Å². The van der Waals surface area contributed by atoms with Crippen molar-refractivity contribution in [3.63, 3.8) is 0 Å². The van der Waals surface area contributed by atoms with Crippen molar-refractivity contribution in [2.45, 2.75) is 17.6 Å². The van der Waals surface area contributed by atoms with Gasteiger partial charge in [0.1, 0.15) is 10.8 Å². The Bertz CT molecular complexity index is 1530. The fourth-order valence-electron chi connectivity index (χ4n) is 3.38. The Hall–Kier alpha value is -2.96. The van der Waals surface area contributed by atoms with Crippen molar-refractivity contribution in [1.82, 2.24) is 0 Å². The average Bonchev–Trinajstić information content (AvgIpc) is 3.13. The molecule has 0 aliphatic rings. The highest BCUT2D eigenvalue weighted by Crippen LogP contribution is 2.44. The minimum absolute atomic E-state index is 0.0891. The van der Waals surface area contributed by atoms with Crippen LogP contribution in [0.3, 0.4) is 0 Å². The van der Waals surface area contributed by atoms with Gasteiger partial charge in [0, 0.05) is 10.1 Å². The number of carboxylic acid groups (broad SMARTS) is 1. The Labute approximate surface area is 209 Å². The van der Waals surface area contributed by atoms with Gasteiger partial charge in [-0.05, 0) is 64.0 Å². The number of hydrogen-bond donors (Lipinski definition) is 1. The van der Waals surface area contributed by atoms with Crippen LogP contribution in [0.1, 0.15) is 21.5 Å². The first-order valence-electron chi connectivity index (χ1n) is 9.78. The zero-order valence-corrected chi connectivity index (χ0v) is 20.6. The van der Waals surface area contributed by atoms with Gasteiger partial charge in [0.15, 0.2) is 0 Å². The first-order valence-corrected chi connectivity index (χ1v) is 12.8. The van der Waals surface area contributed by atoms with Crippen molar-refractivity contribution >= 4 is 58.3 Å². The molecule has 5 nitrogen and oxygen atoms in total. The van der Waals surface area contributed by atoms with Crippen LogP contribution in [0.15, 0.2) is 76.1 Å². The predicted octanol–water partition coefficient (Wildman–Crippen LogP) is 6.92. The van der Waals surface area contributed by atoms with Crippen molar-refractivity contribution in [2.75, 3.05) is 4.31 Å². The molecular formula is C23H14BrF4NO4S2. The molecule has 0 amide bonds. The highest BCUT2D eigenvalue weighted by atomic mass is 79.9. The third kappa shape index (κ3) is 4.91. The largest absolute Gasteiger partial charge is 0.478 e. The van der Waals surface area contributed by atoms with Crippen LogP contribution in [0.25, 0.3) is 10.1 Å². The fourth-order valence-corrected chi connectivity index (χ4v) is 7.20. The van der Waals surface area contributed by atoms with Gasteiger partial charge in [-0.3, -0.25) is 4.31 Å². The fraction of sp³-hybridized carbons (Fsp3) is 0.0870. The Morgan fingerprint density at radius 1 is 1.03 bits per heavy atom. The van der Waals surface area contributed by atoms with Gasteiger partial charge in [-0.15, -0.1) is 11.3 Å². The van der Waals surface area contributed by atoms with Crippen LogP contribution in [-0.2, 0) is 22.7 Å². The van der Waals surface area contributed by atoms with Crippen LogP contribution < -0.4 is 4.31 Å². The van der Waals surface area contributed by atoms with Crippen molar-refractivity contribution in [3.05, 3.63) is 93.7 Å². The van der Waals surface area contributed by atoms with Gasteiger partial charge >= 0.3 is 12.1 Å². The molecule has 0 aliphatic carbocycles. The van der Waals surface area contributed by atoms with Gasteiger partial charge in [0.2, 0.25) is 0 Å². The average molecular weight is 588 g/mol. The van der Waals surface area contributed by atoms with Crippen LogP contribution in [0, 0.1) is 5.82 Å². The van der Waals surface area contributed by atoms with E-state index in [4.69, 9.17) is 5.11 Å². The molecular weight excluding hydrogens is 574 g/mol. The number of hydrogen-bond acceptors (Lipinski definition) is 4. The van der Waals surface area contributed by atoms with Gasteiger partial charge in [-0.1, -0.05) is 24.3 Å². The number of rotatable bonds is 6. The summed E-state index contributed by atoms with van der Waals surface area (Å²) in [5.74, 6) is -2.72. The number of nitrogens with zero attached hydrogens (tertiary/aromatic N) is 1. The first kappa shape index (κ1) is 25.1. The lowest BCUT2D eigenvalue weighted by molar-refractivity contribution is -0.140. The van der Waals surface area contributed by atoms with E-state index in [1.54, 1.807) is 24.3 Å². The second kappa shape index (κ2) is 9.25. The number of aromatic carboxylic acids is 1. The van der Waals surface area contributed by atoms with Gasteiger partial charge in [-0.2, -0.15) is 13.2 Å². The quantitative estimate of drug-likeness (QED) is 0.249. The number of sulfonamides is 1. The number of carbonyl (C=O) groups is 1. The third-order valence-electron chi connectivity index (χ3n) is 5.10. The molecule has 0 saturated heterocycles. The first-order chi connectivity index (χ1) is 16.4. The molecule has 4 aromatic rings. The Morgan fingerprint density at radius 2 is 1.69 bits per heavy atom. The van der Waals surface area contributed by atoms with E-state index in [0.717, 1.165) is 50.7 Å². The number of carboxylic acids is 1. The summed E-state index contributed by atoms with van der Waals surface area (Å²) >= 11 is 4.51. The molecule has 0 fully saturated rings. The monoisotopic (exact) mass is 587 g/mol. The molecule has 0 saturated carbocycles. The number of thiophene rings is 1. The molecule has 182 valence electrons. The molecule has 35 heavy (non-hydrogen) atoms. The highest BCUT2D eigenvalue weighted by molar-refractivity contribution is 9.10. The normalized spacial score (nSPS) is 12.1. The lowest BCUT2D eigenvalue weighted by Crippen LogP contribution is -2.30. The van der Waals surface area contributed by atoms with Crippen LogP contribution in [0.4, 0.5) is 22.6 Å². The van der Waals surface area contributed by atoms with Gasteiger partial charge in [0.25, 0.3) is 10.0 Å². The Kier molecular flexibility index (Phi) is 6.64. The summed E-state index contributed by atoms with van der Waals surface area (Å²) in [6.45, 7) is -0.530. The molecule has 0 spiro atoms. The summed E-state index contributed by atoms with van der Waals surface area (Å²) < 4.78 is 83.0. The minimum Gasteiger partial charge on any atom is -0.478 e. The second-order valence-corrected chi connectivity index (χ2v) is 11.1. The summed E-state index contributed by atoms with van der Waals surface area (Å²) in [6, 6.07) is 13.8. The Morgan fingerprint density at radius 3 is 2.29 bits per heavy atom. The molecule has 0 bridgehead atoms. The molecule has 3 aromatic carbocycles. The Balaban J connectivity index is 1.87. The van der Waals surface area contributed by atoms with E-state index < -0.39 is 40.1 Å². The van der Waals surface area contributed by atoms with Crippen molar-refractivity contribution in [3.8, 4) is 0 Å². The molecule has 0 radical (unpaired) electrons. The third-order valence-corrected chi connectivity index (χ3v) is 9.23. The molecule has 1 aromatic heterocycles. The van der Waals surface area contributed by atoms with Gasteiger partial charge in [0.05, 0.1) is 27.0 Å². The molecule has 1 N–H and O–H groups in total. The van der Waals surface area contributed by atoms with E-state index in [2.05, 4.69) is 15.9 Å². The maximum atomic E-state index is 13.8. The van der Waals surface area contributed by atoms with E-state index in [1.807, 2.05) is 0 Å². The lowest BCUT2D eigenvalue weighted by Gasteiger charge is -2.24. The zero-order chi connectivity index (χ0) is 25.5. The molecule has 0 aliphatic heterocycles. The number of anilines is 1. The minimum atomic E-state index is -4.96. The highest BCUT2D eigenvalue weighted by Gasteiger charge is 2.35. The van der Waals surface area contributed by atoms with E-state index in [1.165, 1.54) is 0 Å². The molecule has 1 heterocycles. The van der Waals surface area contributed by atoms with Crippen LogP contribution in [0.5, 0.6) is 0 Å². The van der Waals surface area contributed by atoms with Crippen molar-refractivity contribution in [2.24, 2.45) is 0 Å². The molecule has 4 rings (SSSR count). The van der Waals surface area contributed by atoms with Gasteiger partial charge < -0.3 is 5.11 Å². The summed E-state index contributed by atoms with van der Waals surface area (Å²) in [5, 5.41) is 10.0. The zero-order valence-electron chi connectivity index (χ0n) is 17.4. The van der Waals surface area contributed by atoms with E-state index in [0.29, 0.717) is 22.0 Å². The summed E-state index contributed by atoms with van der Waals surface area (Å²) in [5.41, 5.74) is -1.73. The van der Waals surface area contributed by atoms with Crippen molar-refractivity contribution in [1.29, 1.82) is 0 Å². The molecule has 0 unspecified atom stereocenters. The smallest absolute Gasteiger partial charge is 0.419 e. The van der Waals surface area contributed by atoms with Crippen LogP contribution in [-0.4, -0.2) is 19.5 Å². The van der Waals surface area contributed by atoms with E-state index in [-0.39, 0.29) is 21.0 Å². The molecule has 0 atom stereocenters. The SMILES string of the molecule is O=C(O)c1ccc(S(=O)(=O)N(Cc2ccc(F)c(C(F)(F)F)c2)c2sc3ccccc3c2Br)cc1. The lowest BCUT2D eigenvalue weighted by atomic mass is 10.1.